The highest BCUT2D eigenvalue weighted by Gasteiger charge is 2.37. The lowest BCUT2D eigenvalue weighted by molar-refractivity contribution is 0.514. The van der Waals surface area contributed by atoms with Crippen molar-refractivity contribution in [1.29, 1.82) is 0 Å². The molecule has 20 heavy (non-hydrogen) atoms. The fourth-order valence-corrected chi connectivity index (χ4v) is 3.13. The van der Waals surface area contributed by atoms with Crippen LogP contribution >= 0.6 is 15.9 Å². The maximum Gasteiger partial charge on any atom is 0.265 e. The zero-order chi connectivity index (χ0) is 13.9. The van der Waals surface area contributed by atoms with Gasteiger partial charge in [0.2, 0.25) is 0 Å². The van der Waals surface area contributed by atoms with Crippen molar-refractivity contribution >= 4 is 15.9 Å². The molecule has 2 heterocycles. The smallest absolute Gasteiger partial charge is 0.265 e. The van der Waals surface area contributed by atoms with Gasteiger partial charge >= 0.3 is 0 Å². The minimum Gasteiger partial charge on any atom is -0.458 e. The third-order valence-electron chi connectivity index (χ3n) is 4.19. The van der Waals surface area contributed by atoms with E-state index in [1.165, 1.54) is 6.42 Å². The Morgan fingerprint density at radius 3 is 2.80 bits per heavy atom. The molecular weight excluding hydrogens is 320 g/mol. The van der Waals surface area contributed by atoms with Gasteiger partial charge in [0.15, 0.2) is 11.6 Å². The highest BCUT2D eigenvalue weighted by atomic mass is 79.9. The standard InChI is InChI=1S/C15H15BrN2O2/c1-7-6-9(7)10-4-5-11(20-10)14-17-13(8-2-3-8)12(16)15(19)18-14/h4-5,7-9H,2-3,6H2,1H3,(H,17,18,19). The molecule has 0 amide bonds. The first-order chi connectivity index (χ1) is 9.63. The summed E-state index contributed by atoms with van der Waals surface area (Å²) in [6, 6.07) is 3.91. The molecule has 5 heteroatoms. The van der Waals surface area contributed by atoms with Crippen molar-refractivity contribution in [2.24, 2.45) is 5.92 Å². The molecule has 1 N–H and O–H groups in total. The third-order valence-corrected chi connectivity index (χ3v) is 4.95. The Labute approximate surface area is 124 Å². The number of hydrogen-bond acceptors (Lipinski definition) is 3. The summed E-state index contributed by atoms with van der Waals surface area (Å²) < 4.78 is 6.43. The molecule has 0 aliphatic heterocycles. The van der Waals surface area contributed by atoms with E-state index in [1.807, 2.05) is 12.1 Å². The maximum absolute atomic E-state index is 12.0. The molecule has 104 valence electrons. The van der Waals surface area contributed by atoms with Crippen LogP contribution in [0.15, 0.2) is 25.8 Å². The van der Waals surface area contributed by atoms with Crippen molar-refractivity contribution in [2.45, 2.75) is 38.0 Å². The van der Waals surface area contributed by atoms with Gasteiger partial charge in [-0.05, 0) is 53.2 Å². The summed E-state index contributed by atoms with van der Waals surface area (Å²) in [7, 11) is 0. The van der Waals surface area contributed by atoms with E-state index >= 15 is 0 Å². The summed E-state index contributed by atoms with van der Waals surface area (Å²) in [5, 5.41) is 0. The molecule has 2 aromatic rings. The SMILES string of the molecule is CC1CC1c1ccc(-c2nc(C3CC3)c(Br)c(=O)[nH]2)o1. The summed E-state index contributed by atoms with van der Waals surface area (Å²) in [6.07, 6.45) is 3.40. The Morgan fingerprint density at radius 1 is 1.40 bits per heavy atom. The summed E-state index contributed by atoms with van der Waals surface area (Å²) >= 11 is 3.34. The first kappa shape index (κ1) is 12.4. The number of rotatable bonds is 3. The number of hydrogen-bond donors (Lipinski definition) is 1. The molecule has 0 saturated heterocycles. The van der Waals surface area contributed by atoms with Gasteiger partial charge in [-0.15, -0.1) is 0 Å². The third kappa shape index (κ3) is 2.04. The lowest BCUT2D eigenvalue weighted by Gasteiger charge is -2.03. The first-order valence-corrected chi connectivity index (χ1v) is 7.82. The summed E-state index contributed by atoms with van der Waals surface area (Å²) in [6.45, 7) is 2.22. The Kier molecular flexibility index (Phi) is 2.67. The zero-order valence-corrected chi connectivity index (χ0v) is 12.7. The highest BCUT2D eigenvalue weighted by molar-refractivity contribution is 9.10. The number of halogens is 1. The number of aromatic amines is 1. The van der Waals surface area contributed by atoms with E-state index in [4.69, 9.17) is 4.42 Å². The van der Waals surface area contributed by atoms with Crippen LogP contribution in [0.3, 0.4) is 0 Å². The fraction of sp³-hybridized carbons (Fsp3) is 0.467. The Balaban J connectivity index is 1.74. The fourth-order valence-electron chi connectivity index (χ4n) is 2.62. The van der Waals surface area contributed by atoms with E-state index in [0.717, 1.165) is 24.3 Å². The van der Waals surface area contributed by atoms with Gasteiger partial charge in [-0.3, -0.25) is 4.79 Å². The second-order valence-corrected chi connectivity index (χ2v) is 6.70. The van der Waals surface area contributed by atoms with E-state index in [-0.39, 0.29) is 5.56 Å². The number of aromatic nitrogens is 2. The van der Waals surface area contributed by atoms with E-state index in [9.17, 15) is 4.79 Å². The second-order valence-electron chi connectivity index (χ2n) is 5.91. The minimum absolute atomic E-state index is 0.130. The summed E-state index contributed by atoms with van der Waals surface area (Å²) in [5.41, 5.74) is 0.733. The van der Waals surface area contributed by atoms with Gasteiger partial charge in [0.25, 0.3) is 5.56 Å². The van der Waals surface area contributed by atoms with Gasteiger partial charge in [0.05, 0.1) is 5.69 Å². The van der Waals surface area contributed by atoms with Gasteiger partial charge in [-0.1, -0.05) is 6.92 Å². The van der Waals surface area contributed by atoms with Gasteiger partial charge in [0.1, 0.15) is 10.2 Å². The van der Waals surface area contributed by atoms with Crippen LogP contribution in [-0.2, 0) is 0 Å². The van der Waals surface area contributed by atoms with Gasteiger partial charge < -0.3 is 9.40 Å². The van der Waals surface area contributed by atoms with Gasteiger partial charge in [0, 0.05) is 11.8 Å². The molecule has 0 bridgehead atoms. The summed E-state index contributed by atoms with van der Waals surface area (Å²) in [5.74, 6) is 3.86. The summed E-state index contributed by atoms with van der Waals surface area (Å²) in [4.78, 5) is 19.4. The average molecular weight is 335 g/mol. The molecule has 2 aliphatic rings. The van der Waals surface area contributed by atoms with Gasteiger partial charge in [-0.2, -0.15) is 0 Å². The molecule has 4 rings (SSSR count). The second kappa shape index (κ2) is 4.32. The molecule has 2 atom stereocenters. The number of H-pyrrole nitrogens is 1. The predicted octanol–water partition coefficient (Wildman–Crippen LogP) is 3.79. The number of furan rings is 1. The van der Waals surface area contributed by atoms with Crippen molar-refractivity contribution in [3.63, 3.8) is 0 Å². The Bertz CT molecular complexity index is 730. The van der Waals surface area contributed by atoms with Gasteiger partial charge in [-0.25, -0.2) is 4.98 Å². The van der Waals surface area contributed by atoms with E-state index in [2.05, 4.69) is 32.8 Å². The van der Waals surface area contributed by atoms with Crippen LogP contribution in [0, 0.1) is 5.92 Å². The van der Waals surface area contributed by atoms with E-state index in [0.29, 0.717) is 33.8 Å². The molecule has 0 spiro atoms. The predicted molar refractivity (Wildman–Crippen MR) is 78.8 cm³/mol. The molecule has 0 aromatic carbocycles. The molecule has 2 saturated carbocycles. The monoisotopic (exact) mass is 334 g/mol. The van der Waals surface area contributed by atoms with Crippen molar-refractivity contribution < 1.29 is 4.42 Å². The minimum atomic E-state index is -0.130. The number of nitrogens with one attached hydrogen (secondary N) is 1. The van der Waals surface area contributed by atoms with Crippen molar-refractivity contribution in [3.05, 3.63) is 38.4 Å². The van der Waals surface area contributed by atoms with Crippen LogP contribution in [0.2, 0.25) is 0 Å². The Morgan fingerprint density at radius 2 is 2.15 bits per heavy atom. The molecule has 2 aromatic heterocycles. The normalized spacial score (nSPS) is 24.9. The van der Waals surface area contributed by atoms with Crippen LogP contribution in [0.4, 0.5) is 0 Å². The van der Waals surface area contributed by atoms with E-state index in [1.54, 1.807) is 0 Å². The maximum atomic E-state index is 12.0. The van der Waals surface area contributed by atoms with Crippen LogP contribution in [0.5, 0.6) is 0 Å². The first-order valence-electron chi connectivity index (χ1n) is 7.03. The van der Waals surface area contributed by atoms with Crippen LogP contribution < -0.4 is 5.56 Å². The zero-order valence-electron chi connectivity index (χ0n) is 11.1. The lowest BCUT2D eigenvalue weighted by Crippen LogP contribution is -2.13. The quantitative estimate of drug-likeness (QED) is 0.928. The van der Waals surface area contributed by atoms with E-state index < -0.39 is 0 Å². The Hall–Kier alpha value is -1.36. The number of nitrogens with zero attached hydrogens (tertiary/aromatic N) is 1. The highest BCUT2D eigenvalue weighted by Crippen LogP contribution is 2.48. The topological polar surface area (TPSA) is 58.9 Å². The molecule has 2 unspecified atom stereocenters. The molecule has 2 aliphatic carbocycles. The lowest BCUT2D eigenvalue weighted by atomic mass is 10.2. The largest absolute Gasteiger partial charge is 0.458 e. The molecule has 0 radical (unpaired) electrons. The van der Waals surface area contributed by atoms with Crippen LogP contribution in [0.25, 0.3) is 11.6 Å². The van der Waals surface area contributed by atoms with Crippen molar-refractivity contribution in [2.75, 3.05) is 0 Å². The van der Waals surface area contributed by atoms with Crippen LogP contribution in [0.1, 0.15) is 49.5 Å². The van der Waals surface area contributed by atoms with Crippen molar-refractivity contribution in [3.8, 4) is 11.6 Å². The molecule has 4 nitrogen and oxygen atoms in total. The van der Waals surface area contributed by atoms with Crippen molar-refractivity contribution in [1.82, 2.24) is 9.97 Å². The average Bonchev–Trinajstić information content (AvgIpc) is 3.33. The molecular formula is C15H15BrN2O2. The van der Waals surface area contributed by atoms with Crippen LogP contribution in [-0.4, -0.2) is 9.97 Å². The molecule has 2 fully saturated rings.